The molecule has 1 N–H and O–H groups in total. The van der Waals surface area contributed by atoms with Crippen LogP contribution in [0.3, 0.4) is 0 Å². The maximum absolute atomic E-state index is 11.7. The van der Waals surface area contributed by atoms with Crippen molar-refractivity contribution >= 4 is 0 Å². The Morgan fingerprint density at radius 1 is 0.960 bits per heavy atom. The van der Waals surface area contributed by atoms with Gasteiger partial charge in [-0.1, -0.05) is 55.5 Å². The quantitative estimate of drug-likeness (QED) is 0.721. The Morgan fingerprint density at radius 3 is 2.20 bits per heavy atom. The first kappa shape index (κ1) is 17.2. The van der Waals surface area contributed by atoms with E-state index in [9.17, 15) is 5.11 Å². The molecule has 3 rings (SSSR count). The predicted octanol–water partition coefficient (Wildman–Crippen LogP) is 4.52. The van der Waals surface area contributed by atoms with Crippen LogP contribution in [-0.2, 0) is 5.60 Å². The van der Waals surface area contributed by atoms with E-state index in [1.807, 2.05) is 79.7 Å². The first-order valence-corrected chi connectivity index (χ1v) is 8.52. The highest BCUT2D eigenvalue weighted by Crippen LogP contribution is 2.43. The van der Waals surface area contributed by atoms with E-state index in [0.29, 0.717) is 6.42 Å². The van der Waals surface area contributed by atoms with Crippen molar-refractivity contribution in [2.24, 2.45) is 0 Å². The van der Waals surface area contributed by atoms with Gasteiger partial charge in [0.2, 0.25) is 0 Å². The number of aromatic nitrogens is 1. The van der Waals surface area contributed by atoms with Crippen molar-refractivity contribution in [3.8, 4) is 5.75 Å². The topological polar surface area (TPSA) is 42.4 Å². The summed E-state index contributed by atoms with van der Waals surface area (Å²) in [6.07, 6.45) is 2.34. The Bertz CT molecular complexity index is 748. The third-order valence-electron chi connectivity index (χ3n) is 4.72. The highest BCUT2D eigenvalue weighted by Gasteiger charge is 2.39. The molecule has 0 fully saturated rings. The van der Waals surface area contributed by atoms with Crippen LogP contribution in [0.25, 0.3) is 0 Å². The number of ether oxygens (including phenoxy) is 1. The molecule has 3 aromatic rings. The Hall–Kier alpha value is -2.65. The molecule has 0 radical (unpaired) electrons. The molecular weight excluding hydrogens is 310 g/mol. The summed E-state index contributed by atoms with van der Waals surface area (Å²) in [4.78, 5) is 4.54. The van der Waals surface area contributed by atoms with Gasteiger partial charge in [0.1, 0.15) is 11.4 Å². The maximum atomic E-state index is 11.7. The first-order chi connectivity index (χ1) is 12.2. The number of aliphatic hydroxyl groups is 1. The number of hydrogen-bond donors (Lipinski definition) is 1. The lowest BCUT2D eigenvalue weighted by atomic mass is 9.74. The fraction of sp³-hybridized carbons (Fsp3) is 0.227. The van der Waals surface area contributed by atoms with Crippen molar-refractivity contribution < 1.29 is 9.84 Å². The van der Waals surface area contributed by atoms with Gasteiger partial charge in [0.15, 0.2) is 0 Å². The molecule has 1 heterocycles. The Morgan fingerprint density at radius 2 is 1.64 bits per heavy atom. The van der Waals surface area contributed by atoms with Gasteiger partial charge in [-0.15, -0.1) is 0 Å². The summed E-state index contributed by atoms with van der Waals surface area (Å²) in [7, 11) is 1.64. The minimum absolute atomic E-state index is 0.256. The molecule has 25 heavy (non-hydrogen) atoms. The van der Waals surface area contributed by atoms with Gasteiger partial charge in [-0.25, -0.2) is 0 Å². The van der Waals surface area contributed by atoms with Crippen molar-refractivity contribution in [1.82, 2.24) is 4.98 Å². The molecule has 2 aromatic carbocycles. The summed E-state index contributed by atoms with van der Waals surface area (Å²) in [6, 6.07) is 23.5. The summed E-state index contributed by atoms with van der Waals surface area (Å²) in [5.41, 5.74) is 1.69. The van der Waals surface area contributed by atoms with Gasteiger partial charge in [0.25, 0.3) is 0 Å². The number of rotatable bonds is 6. The van der Waals surface area contributed by atoms with Crippen molar-refractivity contribution in [3.05, 3.63) is 95.8 Å². The Balaban J connectivity index is 2.14. The van der Waals surface area contributed by atoms with Gasteiger partial charge < -0.3 is 9.84 Å². The largest absolute Gasteiger partial charge is 0.497 e. The first-order valence-electron chi connectivity index (χ1n) is 8.52. The predicted molar refractivity (Wildman–Crippen MR) is 99.7 cm³/mol. The van der Waals surface area contributed by atoms with E-state index < -0.39 is 5.60 Å². The second-order valence-corrected chi connectivity index (χ2v) is 6.10. The van der Waals surface area contributed by atoms with E-state index in [4.69, 9.17) is 4.74 Å². The van der Waals surface area contributed by atoms with Crippen LogP contribution < -0.4 is 4.74 Å². The van der Waals surface area contributed by atoms with Crippen LogP contribution in [0.4, 0.5) is 0 Å². The normalized spacial score (nSPS) is 14.5. The zero-order valence-corrected chi connectivity index (χ0v) is 14.6. The molecule has 0 unspecified atom stereocenters. The van der Waals surface area contributed by atoms with E-state index >= 15 is 0 Å². The van der Waals surface area contributed by atoms with E-state index in [-0.39, 0.29) is 5.92 Å². The second-order valence-electron chi connectivity index (χ2n) is 6.10. The van der Waals surface area contributed by atoms with Crippen molar-refractivity contribution in [1.29, 1.82) is 0 Å². The summed E-state index contributed by atoms with van der Waals surface area (Å²) in [6.45, 7) is 2.00. The van der Waals surface area contributed by atoms with Gasteiger partial charge in [0, 0.05) is 6.20 Å². The zero-order chi connectivity index (χ0) is 17.7. The SMILES string of the molecule is CC[C@@](O)(c1ccc(OC)cc1)[C@H](c1ccccc1)c1ccccn1. The molecule has 0 aliphatic carbocycles. The minimum atomic E-state index is -1.07. The summed E-state index contributed by atoms with van der Waals surface area (Å²) in [5.74, 6) is 0.518. The van der Waals surface area contributed by atoms with Crippen LogP contribution >= 0.6 is 0 Å². The number of nitrogens with zero attached hydrogens (tertiary/aromatic N) is 1. The van der Waals surface area contributed by atoms with Crippen LogP contribution in [0.1, 0.15) is 36.1 Å². The van der Waals surface area contributed by atoms with Gasteiger partial charge in [-0.05, 0) is 41.8 Å². The fourth-order valence-electron chi connectivity index (χ4n) is 3.34. The smallest absolute Gasteiger partial charge is 0.118 e. The lowest BCUT2D eigenvalue weighted by molar-refractivity contribution is 0.0139. The minimum Gasteiger partial charge on any atom is -0.497 e. The lowest BCUT2D eigenvalue weighted by Gasteiger charge is -2.36. The molecule has 3 heteroatoms. The van der Waals surface area contributed by atoms with Crippen molar-refractivity contribution in [2.45, 2.75) is 24.9 Å². The highest BCUT2D eigenvalue weighted by atomic mass is 16.5. The molecule has 0 amide bonds. The summed E-state index contributed by atoms with van der Waals surface area (Å²) < 4.78 is 5.25. The van der Waals surface area contributed by atoms with Gasteiger partial charge >= 0.3 is 0 Å². The van der Waals surface area contributed by atoms with Crippen LogP contribution in [0.15, 0.2) is 79.0 Å². The molecule has 0 bridgehead atoms. The van der Waals surface area contributed by atoms with Crippen molar-refractivity contribution in [2.75, 3.05) is 7.11 Å². The number of pyridine rings is 1. The van der Waals surface area contributed by atoms with Crippen LogP contribution in [0.2, 0.25) is 0 Å². The molecule has 1 aromatic heterocycles. The third kappa shape index (κ3) is 3.42. The Kier molecular flexibility index (Phi) is 5.15. The molecule has 0 saturated heterocycles. The van der Waals surface area contributed by atoms with E-state index in [2.05, 4.69) is 4.98 Å². The molecule has 0 spiro atoms. The Labute approximate surface area is 148 Å². The van der Waals surface area contributed by atoms with Crippen LogP contribution in [0, 0.1) is 0 Å². The standard InChI is InChI=1S/C22H23NO2/c1-3-22(24,18-12-14-19(25-2)15-13-18)21(17-9-5-4-6-10-17)20-11-7-8-16-23-20/h4-16,21,24H,3H2,1-2H3/t21-,22-/m1/s1. The van der Waals surface area contributed by atoms with Crippen LogP contribution in [-0.4, -0.2) is 17.2 Å². The van der Waals surface area contributed by atoms with Crippen LogP contribution in [0.5, 0.6) is 5.75 Å². The molecular formula is C22H23NO2. The molecule has 3 nitrogen and oxygen atoms in total. The fourth-order valence-corrected chi connectivity index (χ4v) is 3.34. The number of hydrogen-bond acceptors (Lipinski definition) is 3. The average molecular weight is 333 g/mol. The number of benzene rings is 2. The van der Waals surface area contributed by atoms with E-state index in [1.165, 1.54) is 0 Å². The highest BCUT2D eigenvalue weighted by molar-refractivity contribution is 5.39. The summed E-state index contributed by atoms with van der Waals surface area (Å²) in [5, 5.41) is 11.7. The van der Waals surface area contributed by atoms with E-state index in [0.717, 1.165) is 22.6 Å². The number of methoxy groups -OCH3 is 1. The van der Waals surface area contributed by atoms with E-state index in [1.54, 1.807) is 13.3 Å². The molecule has 0 aliphatic rings. The molecule has 0 saturated carbocycles. The second kappa shape index (κ2) is 7.49. The van der Waals surface area contributed by atoms with Gasteiger partial charge in [-0.3, -0.25) is 4.98 Å². The third-order valence-corrected chi connectivity index (χ3v) is 4.72. The lowest BCUT2D eigenvalue weighted by Crippen LogP contribution is -2.34. The van der Waals surface area contributed by atoms with Gasteiger partial charge in [0.05, 0.1) is 18.7 Å². The van der Waals surface area contributed by atoms with Gasteiger partial charge in [-0.2, -0.15) is 0 Å². The average Bonchev–Trinajstić information content (AvgIpc) is 2.69. The monoisotopic (exact) mass is 333 g/mol. The molecule has 128 valence electrons. The summed E-state index contributed by atoms with van der Waals surface area (Å²) >= 11 is 0. The molecule has 2 atom stereocenters. The maximum Gasteiger partial charge on any atom is 0.118 e. The van der Waals surface area contributed by atoms with Crippen molar-refractivity contribution in [3.63, 3.8) is 0 Å². The zero-order valence-electron chi connectivity index (χ0n) is 14.6. The molecule has 0 aliphatic heterocycles.